The topological polar surface area (TPSA) is 92.6 Å². The zero-order valence-electron chi connectivity index (χ0n) is 12.7. The van der Waals surface area contributed by atoms with Gasteiger partial charge < -0.3 is 4.90 Å². The van der Waals surface area contributed by atoms with Crippen LogP contribution in [0, 0.1) is 10.1 Å². The third-order valence-electron chi connectivity index (χ3n) is 3.37. The molecular weight excluding hydrogens is 338 g/mol. The number of hydrogen-bond donors (Lipinski definition) is 1. The zero-order chi connectivity index (χ0) is 17.0. The Bertz CT molecular complexity index is 773. The van der Waals surface area contributed by atoms with Crippen molar-refractivity contribution in [2.45, 2.75) is 10.9 Å². The molecule has 0 aliphatic rings. The Labute approximate surface area is 138 Å². The van der Waals surface area contributed by atoms with Crippen LogP contribution in [0.5, 0.6) is 0 Å². The van der Waals surface area contributed by atoms with E-state index in [9.17, 15) is 18.5 Å². The van der Waals surface area contributed by atoms with Crippen molar-refractivity contribution >= 4 is 27.0 Å². The molecule has 1 unspecified atom stereocenters. The van der Waals surface area contributed by atoms with Crippen molar-refractivity contribution in [1.29, 1.82) is 0 Å². The van der Waals surface area contributed by atoms with Gasteiger partial charge in [0.05, 0.1) is 4.92 Å². The summed E-state index contributed by atoms with van der Waals surface area (Å²) in [6.45, 7) is 0.123. The lowest BCUT2D eigenvalue weighted by atomic mass is 10.1. The van der Waals surface area contributed by atoms with Crippen molar-refractivity contribution in [3.8, 4) is 0 Å². The van der Waals surface area contributed by atoms with E-state index in [1.165, 1.54) is 35.6 Å². The van der Waals surface area contributed by atoms with Crippen LogP contribution in [-0.2, 0) is 10.0 Å². The Hall–Kier alpha value is -1.81. The van der Waals surface area contributed by atoms with Crippen LogP contribution in [0.25, 0.3) is 0 Å². The average Bonchev–Trinajstić information content (AvgIpc) is 3.01. The Morgan fingerprint density at radius 1 is 1.30 bits per heavy atom. The zero-order valence-corrected chi connectivity index (χ0v) is 14.3. The number of hydrogen-bond acceptors (Lipinski definition) is 6. The highest BCUT2D eigenvalue weighted by atomic mass is 32.2. The van der Waals surface area contributed by atoms with Gasteiger partial charge in [-0.2, -0.15) is 11.3 Å². The molecule has 124 valence electrons. The molecule has 1 N–H and O–H groups in total. The first-order chi connectivity index (χ1) is 10.8. The van der Waals surface area contributed by atoms with E-state index in [2.05, 4.69) is 4.72 Å². The molecular formula is C14H17N3O4S2. The summed E-state index contributed by atoms with van der Waals surface area (Å²) in [6, 6.07) is 7.08. The molecule has 1 aromatic carbocycles. The Kier molecular flexibility index (Phi) is 5.47. The summed E-state index contributed by atoms with van der Waals surface area (Å²) in [7, 11) is -0.273. The number of nitro groups is 1. The number of rotatable bonds is 7. The molecule has 0 bridgehead atoms. The summed E-state index contributed by atoms with van der Waals surface area (Å²) in [5.41, 5.74) is 0.558. The maximum absolute atomic E-state index is 12.4. The molecule has 0 saturated heterocycles. The van der Waals surface area contributed by atoms with E-state index < -0.39 is 20.6 Å². The lowest BCUT2D eigenvalue weighted by Crippen LogP contribution is -2.34. The van der Waals surface area contributed by atoms with Crippen LogP contribution in [0.1, 0.15) is 11.6 Å². The van der Waals surface area contributed by atoms with Crippen LogP contribution < -0.4 is 4.72 Å². The summed E-state index contributed by atoms with van der Waals surface area (Å²) in [5.74, 6) is 0. The molecule has 23 heavy (non-hydrogen) atoms. The SMILES string of the molecule is CN(C)C(CNS(=O)(=O)c1ccccc1[N+](=O)[O-])c1ccsc1. The molecule has 0 amide bonds. The Morgan fingerprint density at radius 2 is 2.00 bits per heavy atom. The second-order valence-electron chi connectivity index (χ2n) is 5.11. The molecule has 0 radical (unpaired) electrons. The summed E-state index contributed by atoms with van der Waals surface area (Å²) in [6.07, 6.45) is 0. The van der Waals surface area contributed by atoms with Crippen molar-refractivity contribution in [3.05, 3.63) is 56.8 Å². The van der Waals surface area contributed by atoms with E-state index in [4.69, 9.17) is 0 Å². The summed E-state index contributed by atoms with van der Waals surface area (Å²) in [4.78, 5) is 11.9. The molecule has 0 saturated carbocycles. The smallest absolute Gasteiger partial charge is 0.289 e. The number of nitro benzene ring substituents is 1. The summed E-state index contributed by atoms with van der Waals surface area (Å²) < 4.78 is 27.3. The highest BCUT2D eigenvalue weighted by Gasteiger charge is 2.26. The van der Waals surface area contributed by atoms with Gasteiger partial charge in [-0.15, -0.1) is 0 Å². The number of nitrogens with one attached hydrogen (secondary N) is 1. The first-order valence-electron chi connectivity index (χ1n) is 6.74. The van der Waals surface area contributed by atoms with Gasteiger partial charge in [-0.05, 0) is 42.6 Å². The fourth-order valence-corrected chi connectivity index (χ4v) is 4.08. The first-order valence-corrected chi connectivity index (χ1v) is 9.17. The molecule has 0 fully saturated rings. The van der Waals surface area contributed by atoms with Gasteiger partial charge in [0.2, 0.25) is 10.0 Å². The quantitative estimate of drug-likeness (QED) is 0.607. The summed E-state index contributed by atoms with van der Waals surface area (Å²) in [5, 5.41) is 14.9. The van der Waals surface area contributed by atoms with Crippen LogP contribution in [0.2, 0.25) is 0 Å². The van der Waals surface area contributed by atoms with Gasteiger partial charge in [-0.1, -0.05) is 12.1 Å². The molecule has 1 aromatic heterocycles. The molecule has 0 aliphatic heterocycles. The largest absolute Gasteiger partial charge is 0.301 e. The van der Waals surface area contributed by atoms with Crippen molar-refractivity contribution < 1.29 is 13.3 Å². The molecule has 1 atom stereocenters. The molecule has 2 rings (SSSR count). The third-order valence-corrected chi connectivity index (χ3v) is 5.54. The third kappa shape index (κ3) is 4.14. The van der Waals surface area contributed by atoms with E-state index in [-0.39, 0.29) is 17.5 Å². The van der Waals surface area contributed by atoms with E-state index in [0.717, 1.165) is 5.56 Å². The summed E-state index contributed by atoms with van der Waals surface area (Å²) >= 11 is 1.53. The van der Waals surface area contributed by atoms with Gasteiger partial charge in [0.1, 0.15) is 0 Å². The monoisotopic (exact) mass is 355 g/mol. The average molecular weight is 355 g/mol. The molecule has 7 nitrogen and oxygen atoms in total. The van der Waals surface area contributed by atoms with E-state index >= 15 is 0 Å². The molecule has 1 heterocycles. The predicted octanol–water partition coefficient (Wildman–Crippen LogP) is 2.24. The van der Waals surface area contributed by atoms with Gasteiger partial charge in [0.15, 0.2) is 4.90 Å². The van der Waals surface area contributed by atoms with Crippen LogP contribution in [0.3, 0.4) is 0 Å². The number of sulfonamides is 1. The van der Waals surface area contributed by atoms with Crippen LogP contribution in [-0.4, -0.2) is 38.9 Å². The van der Waals surface area contributed by atoms with E-state index in [0.29, 0.717) is 0 Å². The van der Waals surface area contributed by atoms with Crippen LogP contribution >= 0.6 is 11.3 Å². The van der Waals surface area contributed by atoms with E-state index in [1.807, 2.05) is 35.8 Å². The molecule has 9 heteroatoms. The number of benzene rings is 1. The van der Waals surface area contributed by atoms with Crippen molar-refractivity contribution in [2.24, 2.45) is 0 Å². The highest BCUT2D eigenvalue weighted by Crippen LogP contribution is 2.24. The predicted molar refractivity (Wildman–Crippen MR) is 89.0 cm³/mol. The second-order valence-corrected chi connectivity index (χ2v) is 7.63. The van der Waals surface area contributed by atoms with Crippen LogP contribution in [0.15, 0.2) is 46.0 Å². The lowest BCUT2D eigenvalue weighted by Gasteiger charge is -2.23. The maximum atomic E-state index is 12.4. The number of likely N-dealkylation sites (N-methyl/N-ethyl adjacent to an activating group) is 1. The van der Waals surface area contributed by atoms with Crippen molar-refractivity contribution in [3.63, 3.8) is 0 Å². The Morgan fingerprint density at radius 3 is 2.57 bits per heavy atom. The van der Waals surface area contributed by atoms with Crippen LogP contribution in [0.4, 0.5) is 5.69 Å². The van der Waals surface area contributed by atoms with Gasteiger partial charge in [-0.25, -0.2) is 13.1 Å². The molecule has 0 aliphatic carbocycles. The minimum absolute atomic E-state index is 0.123. The maximum Gasteiger partial charge on any atom is 0.289 e. The highest BCUT2D eigenvalue weighted by molar-refractivity contribution is 7.89. The van der Waals surface area contributed by atoms with Crippen molar-refractivity contribution in [2.75, 3.05) is 20.6 Å². The minimum Gasteiger partial charge on any atom is -0.301 e. The lowest BCUT2D eigenvalue weighted by molar-refractivity contribution is -0.387. The standard InChI is InChI=1S/C14H17N3O4S2/c1-16(2)13(11-7-8-22-10-11)9-15-23(20,21)14-6-4-3-5-12(14)17(18)19/h3-8,10,13,15H,9H2,1-2H3. The number of para-hydroxylation sites is 1. The first kappa shape index (κ1) is 17.5. The minimum atomic E-state index is -3.97. The van der Waals surface area contributed by atoms with Gasteiger partial charge in [-0.3, -0.25) is 10.1 Å². The molecule has 2 aromatic rings. The number of nitrogens with zero attached hydrogens (tertiary/aromatic N) is 2. The Balaban J connectivity index is 2.23. The van der Waals surface area contributed by atoms with Gasteiger partial charge in [0, 0.05) is 18.7 Å². The second kappa shape index (κ2) is 7.18. The normalized spacial score (nSPS) is 13.2. The molecule has 0 spiro atoms. The fourth-order valence-electron chi connectivity index (χ4n) is 2.16. The van der Waals surface area contributed by atoms with Crippen molar-refractivity contribution in [1.82, 2.24) is 9.62 Å². The van der Waals surface area contributed by atoms with Gasteiger partial charge >= 0.3 is 0 Å². The van der Waals surface area contributed by atoms with Gasteiger partial charge in [0.25, 0.3) is 5.69 Å². The van der Waals surface area contributed by atoms with E-state index in [1.54, 1.807) is 0 Å². The fraction of sp³-hybridized carbons (Fsp3) is 0.286. The number of thiophene rings is 1.